The van der Waals surface area contributed by atoms with Gasteiger partial charge in [0.05, 0.1) is 4.92 Å². The summed E-state index contributed by atoms with van der Waals surface area (Å²) in [6.45, 7) is 2.17. The number of nitro groups is 1. The van der Waals surface area contributed by atoms with Crippen LogP contribution in [-0.4, -0.2) is 47.0 Å². The van der Waals surface area contributed by atoms with Gasteiger partial charge < -0.3 is 14.4 Å². The van der Waals surface area contributed by atoms with E-state index in [9.17, 15) is 14.3 Å². The number of nitro benzene ring substituents is 1. The lowest BCUT2D eigenvalue weighted by Gasteiger charge is -2.17. The van der Waals surface area contributed by atoms with Crippen molar-refractivity contribution >= 4 is 22.4 Å². The normalized spacial score (nSPS) is 12.0. The van der Waals surface area contributed by atoms with Crippen molar-refractivity contribution in [2.45, 2.75) is 6.42 Å². The maximum absolute atomic E-state index is 11.1. The molecule has 8 heteroatoms. The summed E-state index contributed by atoms with van der Waals surface area (Å²) < 4.78 is 19.6. The number of ether oxygens (including phenoxy) is 1. The first-order chi connectivity index (χ1) is 12.4. The number of hydrogen-bond acceptors (Lipinski definition) is 5. The van der Waals surface area contributed by atoms with Gasteiger partial charge in [0.2, 0.25) is 0 Å². The number of rotatable bonds is 10. The standard InChI is InChI=1S/C18H23N3O4S/c1-20(12-11-15-3-7-17(8-4-15)21(22)23)13-14-25-18-9-5-16(6-10-18)19-26(2)24/h3-10,19H,11-14H2,1-2H3. The van der Waals surface area contributed by atoms with Gasteiger partial charge in [0.25, 0.3) is 5.69 Å². The third kappa shape index (κ3) is 6.81. The van der Waals surface area contributed by atoms with Gasteiger partial charge in [0.1, 0.15) is 23.3 Å². The van der Waals surface area contributed by atoms with E-state index in [4.69, 9.17) is 4.74 Å². The largest absolute Gasteiger partial charge is 0.492 e. The van der Waals surface area contributed by atoms with Gasteiger partial charge in [0.15, 0.2) is 0 Å². The van der Waals surface area contributed by atoms with Crippen LogP contribution >= 0.6 is 0 Å². The van der Waals surface area contributed by atoms with Gasteiger partial charge in [-0.3, -0.25) is 10.1 Å². The molecule has 140 valence electrons. The van der Waals surface area contributed by atoms with Crippen LogP contribution in [0.5, 0.6) is 5.75 Å². The van der Waals surface area contributed by atoms with Crippen LogP contribution in [0.1, 0.15) is 5.56 Å². The minimum atomic E-state index is -1.09. The number of anilines is 1. The summed E-state index contributed by atoms with van der Waals surface area (Å²) in [4.78, 5) is 12.4. The predicted octanol–water partition coefficient (Wildman–Crippen LogP) is 2.85. The van der Waals surface area contributed by atoms with Crippen LogP contribution in [0.25, 0.3) is 0 Å². The van der Waals surface area contributed by atoms with Crippen LogP contribution in [-0.2, 0) is 17.4 Å². The smallest absolute Gasteiger partial charge is 0.269 e. The Balaban J connectivity index is 1.69. The SMILES string of the molecule is CN(CCOc1ccc(NS(C)=O)cc1)CCc1ccc([N+](=O)[O-])cc1. The summed E-state index contributed by atoms with van der Waals surface area (Å²) in [5.41, 5.74) is 1.97. The maximum atomic E-state index is 11.1. The average Bonchev–Trinajstić information content (AvgIpc) is 2.61. The van der Waals surface area contributed by atoms with E-state index in [1.165, 1.54) is 12.1 Å². The molecule has 1 atom stereocenters. The Hall–Kier alpha value is -2.45. The Kier molecular flexibility index (Phi) is 7.55. The third-order valence-corrected chi connectivity index (χ3v) is 4.31. The highest BCUT2D eigenvalue weighted by Crippen LogP contribution is 2.16. The summed E-state index contributed by atoms with van der Waals surface area (Å²) in [5, 5.41) is 10.6. The summed E-state index contributed by atoms with van der Waals surface area (Å²) in [5.74, 6) is 0.765. The highest BCUT2D eigenvalue weighted by Gasteiger charge is 2.05. The Bertz CT molecular complexity index is 735. The zero-order valence-electron chi connectivity index (χ0n) is 14.9. The molecule has 0 amide bonds. The second-order valence-corrected chi connectivity index (χ2v) is 7.02. The molecule has 2 rings (SSSR count). The molecule has 2 aromatic carbocycles. The molecule has 0 aliphatic carbocycles. The molecule has 0 radical (unpaired) electrons. The van der Waals surface area contributed by atoms with E-state index >= 15 is 0 Å². The molecular weight excluding hydrogens is 354 g/mol. The lowest BCUT2D eigenvalue weighted by Crippen LogP contribution is -2.26. The molecular formula is C18H23N3O4S. The van der Waals surface area contributed by atoms with E-state index in [0.29, 0.717) is 6.61 Å². The number of hydrogen-bond donors (Lipinski definition) is 1. The Morgan fingerprint density at radius 1 is 1.12 bits per heavy atom. The van der Waals surface area contributed by atoms with Crippen molar-refractivity contribution in [3.05, 3.63) is 64.2 Å². The van der Waals surface area contributed by atoms with Gasteiger partial charge in [-0.2, -0.15) is 0 Å². The molecule has 0 heterocycles. The van der Waals surface area contributed by atoms with Gasteiger partial charge in [-0.1, -0.05) is 12.1 Å². The van der Waals surface area contributed by atoms with Gasteiger partial charge in [0, 0.05) is 37.2 Å². The average molecular weight is 377 g/mol. The number of non-ortho nitro benzene ring substituents is 1. The molecule has 0 fully saturated rings. The molecule has 0 spiro atoms. The topological polar surface area (TPSA) is 84.7 Å². The zero-order valence-corrected chi connectivity index (χ0v) is 15.7. The van der Waals surface area contributed by atoms with Crippen molar-refractivity contribution in [3.63, 3.8) is 0 Å². The first-order valence-electron chi connectivity index (χ1n) is 8.19. The molecule has 1 N–H and O–H groups in total. The lowest BCUT2D eigenvalue weighted by molar-refractivity contribution is -0.384. The van der Waals surface area contributed by atoms with Gasteiger partial charge >= 0.3 is 0 Å². The lowest BCUT2D eigenvalue weighted by atomic mass is 10.1. The van der Waals surface area contributed by atoms with Crippen molar-refractivity contribution in [2.24, 2.45) is 0 Å². The molecule has 0 aromatic heterocycles. The van der Waals surface area contributed by atoms with Crippen molar-refractivity contribution < 1.29 is 13.9 Å². The molecule has 0 bridgehead atoms. The van der Waals surface area contributed by atoms with Crippen LogP contribution in [0, 0.1) is 10.1 Å². The molecule has 2 aromatic rings. The summed E-state index contributed by atoms with van der Waals surface area (Å²) in [6.07, 6.45) is 2.40. The van der Waals surface area contributed by atoms with Crippen molar-refractivity contribution in [1.29, 1.82) is 0 Å². The van der Waals surface area contributed by atoms with Crippen molar-refractivity contribution in [3.8, 4) is 5.75 Å². The number of likely N-dealkylation sites (N-methyl/N-ethyl adjacent to an activating group) is 1. The van der Waals surface area contributed by atoms with Crippen molar-refractivity contribution in [2.75, 3.05) is 37.7 Å². The molecule has 0 saturated heterocycles. The highest BCUT2D eigenvalue weighted by atomic mass is 32.2. The van der Waals surface area contributed by atoms with Crippen LogP contribution in [0.4, 0.5) is 11.4 Å². The number of benzene rings is 2. The van der Waals surface area contributed by atoms with Crippen LogP contribution < -0.4 is 9.46 Å². The van der Waals surface area contributed by atoms with E-state index in [1.807, 2.05) is 31.3 Å². The second-order valence-electron chi connectivity index (χ2n) is 5.91. The summed E-state index contributed by atoms with van der Waals surface area (Å²) >= 11 is 0. The van der Waals surface area contributed by atoms with Crippen molar-refractivity contribution in [1.82, 2.24) is 4.90 Å². The van der Waals surface area contributed by atoms with E-state index < -0.39 is 15.9 Å². The minimum absolute atomic E-state index is 0.113. The first kappa shape index (κ1) is 19.9. The molecule has 1 unspecified atom stereocenters. The maximum Gasteiger partial charge on any atom is 0.269 e. The third-order valence-electron chi connectivity index (χ3n) is 3.79. The molecule has 7 nitrogen and oxygen atoms in total. The molecule has 0 aliphatic heterocycles. The van der Waals surface area contributed by atoms with Crippen LogP contribution in [0.3, 0.4) is 0 Å². The Morgan fingerprint density at radius 2 is 1.77 bits per heavy atom. The van der Waals surface area contributed by atoms with Gasteiger partial charge in [-0.05, 0) is 43.3 Å². The van der Waals surface area contributed by atoms with Gasteiger partial charge in [-0.25, -0.2) is 4.21 Å². The molecule has 0 aliphatic rings. The Labute approximate surface area is 155 Å². The number of nitrogens with one attached hydrogen (secondary N) is 1. The monoisotopic (exact) mass is 377 g/mol. The summed E-state index contributed by atoms with van der Waals surface area (Å²) in [6, 6.07) is 14.0. The first-order valence-corrected chi connectivity index (χ1v) is 9.74. The summed E-state index contributed by atoms with van der Waals surface area (Å²) in [7, 11) is 0.925. The Morgan fingerprint density at radius 3 is 2.35 bits per heavy atom. The van der Waals surface area contributed by atoms with E-state index in [0.717, 1.165) is 36.5 Å². The number of nitrogens with zero attached hydrogens (tertiary/aromatic N) is 2. The fraction of sp³-hybridized carbons (Fsp3) is 0.333. The van der Waals surface area contributed by atoms with Crippen LogP contribution in [0.2, 0.25) is 0 Å². The minimum Gasteiger partial charge on any atom is -0.492 e. The second kappa shape index (κ2) is 9.88. The highest BCUT2D eigenvalue weighted by molar-refractivity contribution is 7.85. The van der Waals surface area contributed by atoms with E-state index in [2.05, 4.69) is 9.62 Å². The fourth-order valence-electron chi connectivity index (χ4n) is 2.32. The zero-order chi connectivity index (χ0) is 18.9. The quantitative estimate of drug-likeness (QED) is 0.508. The fourth-order valence-corrected chi connectivity index (χ4v) is 2.79. The molecule has 0 saturated carbocycles. The molecule has 26 heavy (non-hydrogen) atoms. The van der Waals surface area contributed by atoms with Gasteiger partial charge in [-0.15, -0.1) is 0 Å². The van der Waals surface area contributed by atoms with Crippen LogP contribution in [0.15, 0.2) is 48.5 Å². The predicted molar refractivity (Wildman–Crippen MR) is 104 cm³/mol. The van der Waals surface area contributed by atoms with E-state index in [-0.39, 0.29) is 5.69 Å². The van der Waals surface area contributed by atoms with E-state index in [1.54, 1.807) is 18.4 Å².